The van der Waals surface area contributed by atoms with Gasteiger partial charge in [0.1, 0.15) is 0 Å². The second-order valence-corrected chi connectivity index (χ2v) is 6.01. The number of ether oxygens (including phenoxy) is 1. The highest BCUT2D eigenvalue weighted by atomic mass is 16.5. The maximum absolute atomic E-state index is 6.01. The van der Waals surface area contributed by atoms with Crippen LogP contribution in [0.3, 0.4) is 0 Å². The van der Waals surface area contributed by atoms with Crippen LogP contribution in [0.4, 0.5) is 0 Å². The maximum Gasteiger partial charge on any atom is 0.0623 e. The van der Waals surface area contributed by atoms with Crippen molar-refractivity contribution >= 4 is 0 Å². The fraction of sp³-hybridized carbons (Fsp3) is 1.00. The molecule has 0 amide bonds. The number of nitrogens with one attached hydrogen (secondary N) is 1. The lowest BCUT2D eigenvalue weighted by molar-refractivity contribution is 0.0844. The highest BCUT2D eigenvalue weighted by Gasteiger charge is 2.45. The van der Waals surface area contributed by atoms with Crippen molar-refractivity contribution in [1.82, 2.24) is 5.32 Å². The standard InChI is InChI=1S/C14H25NO/c1-2-7-15-13(8-10-3-4-10)12-9-11-5-6-14(12)16-11/h10-15H,2-9H2,1H3. The maximum atomic E-state index is 6.01. The zero-order chi connectivity index (χ0) is 11.0. The Bertz CT molecular complexity index is 239. The van der Waals surface area contributed by atoms with Gasteiger partial charge in [0, 0.05) is 12.0 Å². The van der Waals surface area contributed by atoms with E-state index < -0.39 is 0 Å². The summed E-state index contributed by atoms with van der Waals surface area (Å²) in [4.78, 5) is 0. The summed E-state index contributed by atoms with van der Waals surface area (Å²) in [6.07, 6.45) is 10.8. The highest BCUT2D eigenvalue weighted by Crippen LogP contribution is 2.44. The Labute approximate surface area is 99.1 Å². The van der Waals surface area contributed by atoms with E-state index in [-0.39, 0.29) is 0 Å². The van der Waals surface area contributed by atoms with E-state index in [2.05, 4.69) is 12.2 Å². The van der Waals surface area contributed by atoms with Gasteiger partial charge < -0.3 is 10.1 Å². The summed E-state index contributed by atoms with van der Waals surface area (Å²) in [6, 6.07) is 0.753. The Morgan fingerprint density at radius 3 is 2.69 bits per heavy atom. The first-order chi connectivity index (χ1) is 7.86. The van der Waals surface area contributed by atoms with Gasteiger partial charge >= 0.3 is 0 Å². The van der Waals surface area contributed by atoms with Crippen LogP contribution in [0.15, 0.2) is 0 Å². The summed E-state index contributed by atoms with van der Waals surface area (Å²) in [5.74, 6) is 1.86. The summed E-state index contributed by atoms with van der Waals surface area (Å²) in [5, 5.41) is 3.79. The molecule has 2 nitrogen and oxygen atoms in total. The van der Waals surface area contributed by atoms with Crippen molar-refractivity contribution in [1.29, 1.82) is 0 Å². The Kier molecular flexibility index (Phi) is 3.21. The summed E-state index contributed by atoms with van der Waals surface area (Å²) in [5.41, 5.74) is 0. The van der Waals surface area contributed by atoms with Crippen LogP contribution in [0.25, 0.3) is 0 Å². The van der Waals surface area contributed by atoms with Crippen LogP contribution in [-0.2, 0) is 4.74 Å². The molecular formula is C14H25NO. The molecule has 2 saturated heterocycles. The Hall–Kier alpha value is -0.0800. The molecule has 2 bridgehead atoms. The van der Waals surface area contributed by atoms with Crippen molar-refractivity contribution in [2.24, 2.45) is 11.8 Å². The molecule has 0 radical (unpaired) electrons. The quantitative estimate of drug-likeness (QED) is 0.747. The first-order valence-electron chi connectivity index (χ1n) is 7.25. The topological polar surface area (TPSA) is 21.3 Å². The summed E-state index contributed by atoms with van der Waals surface area (Å²) in [6.45, 7) is 3.45. The summed E-state index contributed by atoms with van der Waals surface area (Å²) < 4.78 is 6.01. The molecule has 92 valence electrons. The fourth-order valence-electron chi connectivity index (χ4n) is 3.55. The van der Waals surface area contributed by atoms with E-state index in [0.29, 0.717) is 12.2 Å². The zero-order valence-corrected chi connectivity index (χ0v) is 10.5. The molecule has 1 aliphatic carbocycles. The number of rotatable bonds is 6. The Morgan fingerprint density at radius 2 is 2.12 bits per heavy atom. The molecule has 0 spiro atoms. The summed E-state index contributed by atoms with van der Waals surface area (Å²) >= 11 is 0. The SMILES string of the molecule is CCCNC(CC1CC1)C1CC2CCC1O2. The minimum Gasteiger partial charge on any atom is -0.375 e. The predicted octanol–water partition coefficient (Wildman–Crippen LogP) is 2.72. The third kappa shape index (κ3) is 2.28. The fourth-order valence-corrected chi connectivity index (χ4v) is 3.55. The van der Waals surface area contributed by atoms with E-state index in [4.69, 9.17) is 4.74 Å². The van der Waals surface area contributed by atoms with Crippen molar-refractivity contribution in [3.05, 3.63) is 0 Å². The van der Waals surface area contributed by atoms with E-state index in [1.165, 1.54) is 51.5 Å². The van der Waals surface area contributed by atoms with Crippen LogP contribution in [0, 0.1) is 11.8 Å². The molecule has 0 aromatic rings. The van der Waals surface area contributed by atoms with Gasteiger partial charge in [0.2, 0.25) is 0 Å². The van der Waals surface area contributed by atoms with Gasteiger partial charge in [-0.25, -0.2) is 0 Å². The van der Waals surface area contributed by atoms with E-state index in [9.17, 15) is 0 Å². The number of fused-ring (bicyclic) bond motifs is 2. The third-order valence-electron chi connectivity index (χ3n) is 4.61. The monoisotopic (exact) mass is 223 g/mol. The molecule has 16 heavy (non-hydrogen) atoms. The van der Waals surface area contributed by atoms with Crippen LogP contribution >= 0.6 is 0 Å². The predicted molar refractivity (Wildman–Crippen MR) is 65.4 cm³/mol. The lowest BCUT2D eigenvalue weighted by Gasteiger charge is -2.29. The average molecular weight is 223 g/mol. The molecule has 4 atom stereocenters. The molecule has 2 heteroatoms. The normalized spacial score (nSPS) is 39.2. The van der Waals surface area contributed by atoms with E-state index in [0.717, 1.165) is 17.9 Å². The largest absolute Gasteiger partial charge is 0.375 e. The first-order valence-corrected chi connectivity index (χ1v) is 7.25. The molecule has 0 aromatic carbocycles. The van der Waals surface area contributed by atoms with Crippen molar-refractivity contribution in [3.8, 4) is 0 Å². The highest BCUT2D eigenvalue weighted by molar-refractivity contribution is 4.96. The van der Waals surface area contributed by atoms with Gasteiger partial charge in [-0.3, -0.25) is 0 Å². The van der Waals surface area contributed by atoms with Crippen LogP contribution in [0.1, 0.15) is 51.9 Å². The number of hydrogen-bond acceptors (Lipinski definition) is 2. The van der Waals surface area contributed by atoms with Crippen LogP contribution in [0.5, 0.6) is 0 Å². The van der Waals surface area contributed by atoms with E-state index in [1.807, 2.05) is 0 Å². The van der Waals surface area contributed by atoms with Crippen molar-refractivity contribution in [3.63, 3.8) is 0 Å². The molecular weight excluding hydrogens is 198 g/mol. The van der Waals surface area contributed by atoms with E-state index in [1.54, 1.807) is 0 Å². The molecule has 1 saturated carbocycles. The van der Waals surface area contributed by atoms with Gasteiger partial charge in [0.05, 0.1) is 12.2 Å². The second-order valence-electron chi connectivity index (χ2n) is 6.01. The Morgan fingerprint density at radius 1 is 1.25 bits per heavy atom. The van der Waals surface area contributed by atoms with Gasteiger partial charge in [-0.05, 0) is 44.6 Å². The number of hydrogen-bond donors (Lipinski definition) is 1. The average Bonchev–Trinajstić information content (AvgIpc) is 2.87. The van der Waals surface area contributed by atoms with Gasteiger partial charge in [-0.15, -0.1) is 0 Å². The molecule has 0 aromatic heterocycles. The molecule has 4 unspecified atom stereocenters. The van der Waals surface area contributed by atoms with Crippen molar-refractivity contribution in [2.45, 2.75) is 70.1 Å². The van der Waals surface area contributed by atoms with Crippen LogP contribution in [-0.4, -0.2) is 24.8 Å². The van der Waals surface area contributed by atoms with Gasteiger partial charge in [0.25, 0.3) is 0 Å². The van der Waals surface area contributed by atoms with Crippen LogP contribution < -0.4 is 5.32 Å². The van der Waals surface area contributed by atoms with E-state index >= 15 is 0 Å². The molecule has 3 aliphatic rings. The zero-order valence-electron chi connectivity index (χ0n) is 10.5. The minimum atomic E-state index is 0.595. The minimum absolute atomic E-state index is 0.595. The Balaban J connectivity index is 1.57. The molecule has 3 fully saturated rings. The van der Waals surface area contributed by atoms with Crippen LogP contribution in [0.2, 0.25) is 0 Å². The third-order valence-corrected chi connectivity index (χ3v) is 4.61. The lowest BCUT2D eigenvalue weighted by atomic mass is 9.82. The molecule has 2 aliphatic heterocycles. The van der Waals surface area contributed by atoms with Gasteiger partial charge in [-0.2, -0.15) is 0 Å². The molecule has 3 rings (SSSR count). The smallest absolute Gasteiger partial charge is 0.0623 e. The summed E-state index contributed by atoms with van der Waals surface area (Å²) in [7, 11) is 0. The second kappa shape index (κ2) is 4.66. The molecule has 1 N–H and O–H groups in total. The van der Waals surface area contributed by atoms with Gasteiger partial charge in [0.15, 0.2) is 0 Å². The van der Waals surface area contributed by atoms with Crippen molar-refractivity contribution in [2.75, 3.05) is 6.54 Å². The first kappa shape index (κ1) is 11.0. The van der Waals surface area contributed by atoms with Crippen molar-refractivity contribution < 1.29 is 4.74 Å². The lowest BCUT2D eigenvalue weighted by Crippen LogP contribution is -2.41. The van der Waals surface area contributed by atoms with Gasteiger partial charge in [-0.1, -0.05) is 19.8 Å². The molecule has 2 heterocycles.